The second-order valence-corrected chi connectivity index (χ2v) is 7.57. The van der Waals surface area contributed by atoms with E-state index in [4.69, 9.17) is 10.5 Å². The Kier molecular flexibility index (Phi) is 6.63. The van der Waals surface area contributed by atoms with E-state index in [1.807, 2.05) is 26.8 Å². The topological polar surface area (TPSA) is 67.6 Å². The van der Waals surface area contributed by atoms with E-state index in [9.17, 15) is 4.79 Å². The number of nitrogens with one attached hydrogen (secondary N) is 1. The zero-order valence-electron chi connectivity index (χ0n) is 15.1. The van der Waals surface area contributed by atoms with Gasteiger partial charge in [-0.3, -0.25) is 4.90 Å². The van der Waals surface area contributed by atoms with Crippen molar-refractivity contribution < 1.29 is 9.53 Å². The van der Waals surface area contributed by atoms with Crippen LogP contribution in [0.25, 0.3) is 0 Å². The summed E-state index contributed by atoms with van der Waals surface area (Å²) in [6.07, 6.45) is 3.07. The summed E-state index contributed by atoms with van der Waals surface area (Å²) in [6, 6.07) is 10.7. The summed E-state index contributed by atoms with van der Waals surface area (Å²) in [5.74, 6) is 0. The molecule has 0 saturated carbocycles. The van der Waals surface area contributed by atoms with Gasteiger partial charge in [-0.1, -0.05) is 36.8 Å². The molecule has 5 heteroatoms. The molecule has 1 amide bonds. The first-order valence-corrected chi connectivity index (χ1v) is 8.85. The van der Waals surface area contributed by atoms with Crippen LogP contribution in [0.2, 0.25) is 0 Å². The number of nitrogens with zero attached hydrogens (tertiary/aromatic N) is 1. The molecular formula is C19H31N3O2. The van der Waals surface area contributed by atoms with Crippen molar-refractivity contribution >= 4 is 6.09 Å². The molecule has 3 N–H and O–H groups in total. The van der Waals surface area contributed by atoms with E-state index in [1.165, 1.54) is 18.4 Å². The lowest BCUT2D eigenvalue weighted by Crippen LogP contribution is -2.54. The summed E-state index contributed by atoms with van der Waals surface area (Å²) in [5, 5.41) is 2.81. The first-order chi connectivity index (χ1) is 11.3. The molecule has 0 aromatic heterocycles. The number of hydrogen-bond acceptors (Lipinski definition) is 4. The van der Waals surface area contributed by atoms with Crippen LogP contribution in [0.15, 0.2) is 30.3 Å². The molecule has 1 aliphatic rings. The molecule has 5 nitrogen and oxygen atoms in total. The highest BCUT2D eigenvalue weighted by molar-refractivity contribution is 5.67. The van der Waals surface area contributed by atoms with Crippen molar-refractivity contribution in [1.82, 2.24) is 10.2 Å². The molecule has 24 heavy (non-hydrogen) atoms. The predicted molar refractivity (Wildman–Crippen MR) is 96.7 cm³/mol. The number of ether oxygens (including phenoxy) is 1. The van der Waals surface area contributed by atoms with Gasteiger partial charge in [0.1, 0.15) is 5.60 Å². The maximum atomic E-state index is 11.8. The van der Waals surface area contributed by atoms with Crippen LogP contribution >= 0.6 is 0 Å². The van der Waals surface area contributed by atoms with Gasteiger partial charge in [0.2, 0.25) is 0 Å². The third-order valence-corrected chi connectivity index (χ3v) is 4.27. The molecule has 0 spiro atoms. The Morgan fingerprint density at radius 2 is 2.04 bits per heavy atom. The van der Waals surface area contributed by atoms with Crippen LogP contribution in [0.1, 0.15) is 45.6 Å². The monoisotopic (exact) mass is 333 g/mol. The molecule has 1 aromatic carbocycles. The predicted octanol–water partition coefficient (Wildman–Crippen LogP) is 2.89. The Labute approximate surface area is 145 Å². The largest absolute Gasteiger partial charge is 0.444 e. The number of nitrogens with two attached hydrogens (primary N) is 1. The average Bonchev–Trinajstić information content (AvgIpc) is 2.52. The molecule has 0 bridgehead atoms. The summed E-state index contributed by atoms with van der Waals surface area (Å²) in [6.45, 7) is 7.97. The molecule has 1 aromatic rings. The van der Waals surface area contributed by atoms with Crippen molar-refractivity contribution in [2.24, 2.45) is 5.73 Å². The highest BCUT2D eigenvalue weighted by Crippen LogP contribution is 2.21. The van der Waals surface area contributed by atoms with Gasteiger partial charge in [-0.25, -0.2) is 4.79 Å². The van der Waals surface area contributed by atoms with Crippen LogP contribution in [0.3, 0.4) is 0 Å². The van der Waals surface area contributed by atoms with Crippen molar-refractivity contribution in [3.8, 4) is 0 Å². The molecule has 0 radical (unpaired) electrons. The molecule has 1 heterocycles. The van der Waals surface area contributed by atoms with Gasteiger partial charge in [0, 0.05) is 25.2 Å². The minimum absolute atomic E-state index is 0.0958. The fourth-order valence-corrected chi connectivity index (χ4v) is 3.17. The maximum Gasteiger partial charge on any atom is 0.407 e. The van der Waals surface area contributed by atoms with E-state index >= 15 is 0 Å². The molecule has 1 fully saturated rings. The summed E-state index contributed by atoms with van der Waals surface area (Å²) in [7, 11) is 0. The number of hydrogen-bond donors (Lipinski definition) is 2. The molecule has 134 valence electrons. The van der Waals surface area contributed by atoms with Crippen LogP contribution in [0.4, 0.5) is 4.79 Å². The Morgan fingerprint density at radius 3 is 2.71 bits per heavy atom. The second kappa shape index (κ2) is 8.49. The van der Waals surface area contributed by atoms with Gasteiger partial charge >= 0.3 is 6.09 Å². The smallest absolute Gasteiger partial charge is 0.407 e. The molecule has 1 saturated heterocycles. The summed E-state index contributed by atoms with van der Waals surface area (Å²) >= 11 is 0. The van der Waals surface area contributed by atoms with Crippen molar-refractivity contribution in [2.45, 2.75) is 64.3 Å². The molecular weight excluding hydrogens is 302 g/mol. The van der Waals surface area contributed by atoms with Gasteiger partial charge < -0.3 is 15.8 Å². The third-order valence-electron chi connectivity index (χ3n) is 4.27. The zero-order chi connectivity index (χ0) is 17.6. The van der Waals surface area contributed by atoms with E-state index in [1.54, 1.807) is 0 Å². The first-order valence-electron chi connectivity index (χ1n) is 8.85. The fraction of sp³-hybridized carbons (Fsp3) is 0.632. The minimum Gasteiger partial charge on any atom is -0.444 e. The lowest BCUT2D eigenvalue weighted by Gasteiger charge is -2.39. The highest BCUT2D eigenvalue weighted by Gasteiger charge is 2.28. The quantitative estimate of drug-likeness (QED) is 0.869. The number of alkyl carbamates (subject to hydrolysis) is 1. The Bertz CT molecular complexity index is 513. The number of piperidine rings is 1. The Balaban J connectivity index is 1.88. The van der Waals surface area contributed by atoms with E-state index < -0.39 is 11.7 Å². The van der Waals surface area contributed by atoms with E-state index in [0.717, 1.165) is 19.5 Å². The van der Waals surface area contributed by atoms with Gasteiger partial charge in [0.05, 0.1) is 0 Å². The Morgan fingerprint density at radius 1 is 1.33 bits per heavy atom. The maximum absolute atomic E-state index is 11.8. The van der Waals surface area contributed by atoms with Crippen molar-refractivity contribution in [2.75, 3.05) is 13.1 Å². The van der Waals surface area contributed by atoms with Crippen LogP contribution in [-0.4, -0.2) is 41.8 Å². The third kappa shape index (κ3) is 6.13. The first kappa shape index (κ1) is 18.7. The number of amides is 1. The lowest BCUT2D eigenvalue weighted by atomic mass is 9.95. The van der Waals surface area contributed by atoms with E-state index in [2.05, 4.69) is 34.5 Å². The highest BCUT2D eigenvalue weighted by atomic mass is 16.6. The minimum atomic E-state index is -0.488. The summed E-state index contributed by atoms with van der Waals surface area (Å²) < 4.78 is 5.28. The number of benzene rings is 1. The molecule has 0 aliphatic carbocycles. The van der Waals surface area contributed by atoms with Crippen LogP contribution < -0.4 is 11.1 Å². The van der Waals surface area contributed by atoms with Crippen molar-refractivity contribution in [3.05, 3.63) is 35.9 Å². The van der Waals surface area contributed by atoms with Crippen molar-refractivity contribution in [1.29, 1.82) is 0 Å². The van der Waals surface area contributed by atoms with Gasteiger partial charge in [-0.05, 0) is 45.7 Å². The lowest BCUT2D eigenvalue weighted by molar-refractivity contribution is 0.0508. The number of likely N-dealkylation sites (tertiary alicyclic amines) is 1. The van der Waals surface area contributed by atoms with Gasteiger partial charge in [0.25, 0.3) is 0 Å². The van der Waals surface area contributed by atoms with Gasteiger partial charge in [-0.15, -0.1) is 0 Å². The molecule has 2 unspecified atom stereocenters. The number of carbonyl (C=O) groups is 1. The average molecular weight is 333 g/mol. The normalized spacial score (nSPS) is 20.4. The summed E-state index contributed by atoms with van der Waals surface area (Å²) in [5.41, 5.74) is 7.21. The van der Waals surface area contributed by atoms with Crippen molar-refractivity contribution in [3.63, 3.8) is 0 Å². The van der Waals surface area contributed by atoms with Crippen LogP contribution in [0, 0.1) is 0 Å². The van der Waals surface area contributed by atoms with Crippen LogP contribution in [-0.2, 0) is 11.3 Å². The number of rotatable bonds is 5. The zero-order valence-corrected chi connectivity index (χ0v) is 15.1. The SMILES string of the molecule is CC(C)(C)OC(=O)NCC(N)C1CCCCN1Cc1ccccc1. The summed E-state index contributed by atoms with van der Waals surface area (Å²) in [4.78, 5) is 14.3. The van der Waals surface area contributed by atoms with Gasteiger partial charge in [-0.2, -0.15) is 0 Å². The Hall–Kier alpha value is -1.59. The van der Waals surface area contributed by atoms with Gasteiger partial charge in [0.15, 0.2) is 0 Å². The molecule has 2 atom stereocenters. The van der Waals surface area contributed by atoms with E-state index in [-0.39, 0.29) is 12.1 Å². The van der Waals surface area contributed by atoms with E-state index in [0.29, 0.717) is 6.54 Å². The standard InChI is InChI=1S/C19H31N3O2/c1-19(2,3)24-18(23)21-13-16(20)17-11-7-8-12-22(17)14-15-9-5-4-6-10-15/h4-6,9-10,16-17H,7-8,11-14,20H2,1-3H3,(H,21,23). The fourth-order valence-electron chi connectivity index (χ4n) is 3.17. The number of carbonyl (C=O) groups excluding carboxylic acids is 1. The van der Waals surface area contributed by atoms with Crippen LogP contribution in [0.5, 0.6) is 0 Å². The second-order valence-electron chi connectivity index (χ2n) is 7.57. The molecule has 2 rings (SSSR count). The molecule has 1 aliphatic heterocycles.